The van der Waals surface area contributed by atoms with Gasteiger partial charge in [0.1, 0.15) is 5.75 Å². The van der Waals surface area contributed by atoms with Crippen molar-refractivity contribution in [3.63, 3.8) is 0 Å². The molecule has 1 fully saturated rings. The fourth-order valence-corrected chi connectivity index (χ4v) is 4.68. The first-order chi connectivity index (χ1) is 12.5. The molecule has 0 aliphatic heterocycles. The van der Waals surface area contributed by atoms with E-state index >= 15 is 0 Å². The Labute approximate surface area is 156 Å². The lowest BCUT2D eigenvalue weighted by molar-refractivity contribution is 0.168. The van der Waals surface area contributed by atoms with Crippen LogP contribution >= 0.6 is 0 Å². The van der Waals surface area contributed by atoms with Crippen LogP contribution in [0.25, 0.3) is 0 Å². The van der Waals surface area contributed by atoms with E-state index in [-0.39, 0.29) is 16.9 Å². The molecule has 0 radical (unpaired) electrons. The van der Waals surface area contributed by atoms with Gasteiger partial charge in [0, 0.05) is 5.92 Å². The van der Waals surface area contributed by atoms with E-state index in [2.05, 4.69) is 0 Å². The lowest BCUT2D eigenvalue weighted by atomic mass is 9.89. The summed E-state index contributed by atoms with van der Waals surface area (Å²) in [4.78, 5) is 0.223. The van der Waals surface area contributed by atoms with Gasteiger partial charge in [-0.2, -0.15) is 8.42 Å². The number of rotatable bonds is 5. The zero-order chi connectivity index (χ0) is 18.6. The van der Waals surface area contributed by atoms with E-state index < -0.39 is 10.1 Å². The van der Waals surface area contributed by atoms with Gasteiger partial charge in [-0.25, -0.2) is 0 Å². The highest BCUT2D eigenvalue weighted by Crippen LogP contribution is 2.36. The van der Waals surface area contributed by atoms with E-state index in [0.717, 1.165) is 49.0 Å². The molecule has 26 heavy (non-hydrogen) atoms. The monoisotopic (exact) mass is 374 g/mol. The van der Waals surface area contributed by atoms with Crippen LogP contribution in [-0.2, 0) is 14.3 Å². The molecular weight excluding hydrogens is 348 g/mol. The standard InChI is InChI=1S/C21H26O4S/c1-16-8-14-19(15-9-16)26(22,23)25-21-7-5-3-4-6-20(21)17-10-12-18(24-2)13-11-17/h8-15,20-21H,3-7H2,1-2H3. The largest absolute Gasteiger partial charge is 0.497 e. The first-order valence-electron chi connectivity index (χ1n) is 9.13. The van der Waals surface area contributed by atoms with Gasteiger partial charge in [-0.1, -0.05) is 49.1 Å². The summed E-state index contributed by atoms with van der Waals surface area (Å²) >= 11 is 0. The molecule has 5 heteroatoms. The Morgan fingerprint density at radius 1 is 0.885 bits per heavy atom. The van der Waals surface area contributed by atoms with Crippen molar-refractivity contribution in [2.24, 2.45) is 0 Å². The molecule has 0 N–H and O–H groups in total. The third-order valence-electron chi connectivity index (χ3n) is 5.06. The molecule has 2 atom stereocenters. The lowest BCUT2D eigenvalue weighted by Gasteiger charge is -2.25. The first-order valence-corrected chi connectivity index (χ1v) is 10.5. The van der Waals surface area contributed by atoms with Crippen molar-refractivity contribution >= 4 is 10.1 Å². The van der Waals surface area contributed by atoms with Crippen molar-refractivity contribution in [2.75, 3.05) is 7.11 Å². The highest BCUT2D eigenvalue weighted by Gasteiger charge is 2.31. The molecule has 1 aliphatic rings. The minimum Gasteiger partial charge on any atom is -0.497 e. The Bertz CT molecular complexity index is 810. The van der Waals surface area contributed by atoms with E-state index in [1.54, 1.807) is 31.4 Å². The van der Waals surface area contributed by atoms with Gasteiger partial charge in [-0.3, -0.25) is 4.18 Å². The maximum atomic E-state index is 12.8. The fourth-order valence-electron chi connectivity index (χ4n) is 3.54. The van der Waals surface area contributed by atoms with E-state index in [1.165, 1.54) is 0 Å². The molecule has 1 saturated carbocycles. The predicted molar refractivity (Wildman–Crippen MR) is 102 cm³/mol. The van der Waals surface area contributed by atoms with Gasteiger partial charge in [0.2, 0.25) is 0 Å². The topological polar surface area (TPSA) is 52.6 Å². The number of hydrogen-bond donors (Lipinski definition) is 0. The predicted octanol–water partition coefficient (Wildman–Crippen LogP) is 4.83. The summed E-state index contributed by atoms with van der Waals surface area (Å²) in [5.74, 6) is 0.871. The summed E-state index contributed by atoms with van der Waals surface area (Å²) in [6.07, 6.45) is 4.53. The van der Waals surface area contributed by atoms with Crippen LogP contribution in [-0.4, -0.2) is 21.6 Å². The van der Waals surface area contributed by atoms with Gasteiger partial charge in [-0.15, -0.1) is 0 Å². The van der Waals surface area contributed by atoms with Crippen LogP contribution < -0.4 is 4.74 Å². The second-order valence-corrected chi connectivity index (χ2v) is 8.49. The molecule has 1 aliphatic carbocycles. The number of hydrogen-bond acceptors (Lipinski definition) is 4. The van der Waals surface area contributed by atoms with Crippen molar-refractivity contribution in [3.8, 4) is 5.75 Å². The van der Waals surface area contributed by atoms with Crippen LogP contribution in [0.15, 0.2) is 53.4 Å². The smallest absolute Gasteiger partial charge is 0.297 e. The summed E-state index contributed by atoms with van der Waals surface area (Å²) in [6.45, 7) is 1.93. The Hall–Kier alpha value is -1.85. The summed E-state index contributed by atoms with van der Waals surface area (Å²) in [7, 11) is -2.13. The molecule has 0 aromatic heterocycles. The lowest BCUT2D eigenvalue weighted by Crippen LogP contribution is -2.25. The quantitative estimate of drug-likeness (QED) is 0.556. The van der Waals surface area contributed by atoms with Crippen LogP contribution in [0.3, 0.4) is 0 Å². The maximum absolute atomic E-state index is 12.8. The van der Waals surface area contributed by atoms with Crippen LogP contribution in [0, 0.1) is 6.92 Å². The third kappa shape index (κ3) is 4.46. The van der Waals surface area contributed by atoms with Crippen molar-refractivity contribution in [1.82, 2.24) is 0 Å². The zero-order valence-electron chi connectivity index (χ0n) is 15.4. The van der Waals surface area contributed by atoms with Crippen molar-refractivity contribution in [2.45, 2.75) is 55.9 Å². The summed E-state index contributed by atoms with van der Waals surface area (Å²) < 4.78 is 36.5. The van der Waals surface area contributed by atoms with Crippen LogP contribution in [0.1, 0.15) is 49.1 Å². The molecule has 2 aromatic carbocycles. The van der Waals surface area contributed by atoms with E-state index in [0.29, 0.717) is 0 Å². The SMILES string of the molecule is COc1ccc(C2CCCCCC2OS(=O)(=O)c2ccc(C)cc2)cc1. The summed E-state index contributed by atoms with van der Waals surface area (Å²) in [5, 5.41) is 0. The molecular formula is C21H26O4S. The average molecular weight is 375 g/mol. The average Bonchev–Trinajstić information content (AvgIpc) is 2.87. The molecule has 0 bridgehead atoms. The molecule has 3 rings (SSSR count). The molecule has 140 valence electrons. The highest BCUT2D eigenvalue weighted by molar-refractivity contribution is 7.86. The van der Waals surface area contributed by atoms with Gasteiger partial charge >= 0.3 is 0 Å². The maximum Gasteiger partial charge on any atom is 0.297 e. The van der Waals surface area contributed by atoms with Gasteiger partial charge in [-0.05, 0) is 49.6 Å². The number of ether oxygens (including phenoxy) is 1. The molecule has 2 unspecified atom stereocenters. The Morgan fingerprint density at radius 2 is 1.54 bits per heavy atom. The van der Waals surface area contributed by atoms with Gasteiger partial charge < -0.3 is 4.74 Å². The molecule has 4 nitrogen and oxygen atoms in total. The second-order valence-electron chi connectivity index (χ2n) is 6.92. The van der Waals surface area contributed by atoms with Crippen molar-refractivity contribution in [1.29, 1.82) is 0 Å². The Kier molecular flexibility index (Phi) is 5.99. The fraction of sp³-hybridized carbons (Fsp3) is 0.429. The van der Waals surface area contributed by atoms with Crippen molar-refractivity contribution in [3.05, 3.63) is 59.7 Å². The number of benzene rings is 2. The Morgan fingerprint density at radius 3 is 2.19 bits per heavy atom. The van der Waals surface area contributed by atoms with Gasteiger partial charge in [0.25, 0.3) is 10.1 Å². The van der Waals surface area contributed by atoms with Crippen LogP contribution in [0.5, 0.6) is 5.75 Å². The zero-order valence-corrected chi connectivity index (χ0v) is 16.2. The van der Waals surface area contributed by atoms with E-state index in [9.17, 15) is 8.42 Å². The summed E-state index contributed by atoms with van der Waals surface area (Å²) in [6, 6.07) is 14.7. The highest BCUT2D eigenvalue weighted by atomic mass is 32.2. The van der Waals surface area contributed by atoms with Crippen molar-refractivity contribution < 1.29 is 17.3 Å². The minimum atomic E-state index is -3.77. The normalized spacial score (nSPS) is 21.2. The Balaban J connectivity index is 1.85. The van der Waals surface area contributed by atoms with E-state index in [1.807, 2.05) is 31.2 Å². The number of aryl methyl sites for hydroxylation is 1. The molecule has 0 amide bonds. The molecule has 0 spiro atoms. The molecule has 2 aromatic rings. The number of methoxy groups -OCH3 is 1. The molecule has 0 saturated heterocycles. The van der Waals surface area contributed by atoms with Gasteiger partial charge in [0.15, 0.2) is 0 Å². The van der Waals surface area contributed by atoms with Crippen LogP contribution in [0.2, 0.25) is 0 Å². The third-order valence-corrected chi connectivity index (χ3v) is 6.41. The van der Waals surface area contributed by atoms with Crippen LogP contribution in [0.4, 0.5) is 0 Å². The minimum absolute atomic E-state index is 0.0728. The second kappa shape index (κ2) is 8.23. The first kappa shape index (κ1) is 18.9. The summed E-state index contributed by atoms with van der Waals surface area (Å²) in [5.41, 5.74) is 2.13. The molecule has 0 heterocycles. The van der Waals surface area contributed by atoms with Gasteiger partial charge in [0.05, 0.1) is 18.1 Å². The van der Waals surface area contributed by atoms with E-state index in [4.69, 9.17) is 8.92 Å².